The molecule has 2 aliphatic rings. The Balaban J connectivity index is 2.00. The highest BCUT2D eigenvalue weighted by Gasteiger charge is 2.41. The van der Waals surface area contributed by atoms with Crippen LogP contribution in [0.3, 0.4) is 0 Å². The van der Waals surface area contributed by atoms with Crippen LogP contribution in [0.2, 0.25) is 0 Å². The molecule has 1 saturated carbocycles. The van der Waals surface area contributed by atoms with Crippen LogP contribution >= 0.6 is 0 Å². The lowest BCUT2D eigenvalue weighted by atomic mass is 9.98. The minimum atomic E-state index is -0.447. The minimum absolute atomic E-state index is 0.395. The van der Waals surface area contributed by atoms with Gasteiger partial charge < -0.3 is 10.4 Å². The molecule has 3 unspecified atom stereocenters. The van der Waals surface area contributed by atoms with Gasteiger partial charge in [0.2, 0.25) is 0 Å². The second kappa shape index (κ2) is 3.80. The molecular weight excluding hydrogens is 176 g/mol. The van der Waals surface area contributed by atoms with Crippen LogP contribution in [-0.4, -0.2) is 47.3 Å². The number of rotatable bonds is 1. The van der Waals surface area contributed by atoms with E-state index in [2.05, 4.69) is 17.1 Å². The van der Waals surface area contributed by atoms with Crippen LogP contribution in [0.1, 0.15) is 33.1 Å². The predicted molar refractivity (Wildman–Crippen MR) is 57.3 cm³/mol. The lowest BCUT2D eigenvalue weighted by molar-refractivity contribution is -0.0211. The summed E-state index contributed by atoms with van der Waals surface area (Å²) in [6, 6.07) is 0.965. The SMILES string of the molecule is CC1CN(C2CCCC2(C)O)CCN1. The van der Waals surface area contributed by atoms with Crippen molar-refractivity contribution >= 4 is 0 Å². The molecule has 1 aliphatic carbocycles. The smallest absolute Gasteiger partial charge is 0.0774 e. The molecule has 82 valence electrons. The van der Waals surface area contributed by atoms with Gasteiger partial charge in [0.1, 0.15) is 0 Å². The Labute approximate surface area is 86.5 Å². The van der Waals surface area contributed by atoms with Crippen LogP contribution in [-0.2, 0) is 0 Å². The molecule has 2 N–H and O–H groups in total. The molecule has 3 heteroatoms. The number of aliphatic hydroxyl groups is 1. The van der Waals surface area contributed by atoms with Crippen molar-refractivity contribution in [1.29, 1.82) is 0 Å². The summed E-state index contributed by atoms with van der Waals surface area (Å²) in [6.07, 6.45) is 3.31. The van der Waals surface area contributed by atoms with Crippen LogP contribution in [0.4, 0.5) is 0 Å². The highest BCUT2D eigenvalue weighted by Crippen LogP contribution is 2.33. The minimum Gasteiger partial charge on any atom is -0.389 e. The predicted octanol–water partition coefficient (Wildman–Crippen LogP) is 0.584. The highest BCUT2D eigenvalue weighted by atomic mass is 16.3. The van der Waals surface area contributed by atoms with Gasteiger partial charge in [-0.15, -0.1) is 0 Å². The maximum atomic E-state index is 10.2. The second-order valence-electron chi connectivity index (χ2n) is 5.12. The fraction of sp³-hybridized carbons (Fsp3) is 1.00. The van der Waals surface area contributed by atoms with E-state index in [1.807, 2.05) is 6.92 Å². The zero-order valence-corrected chi connectivity index (χ0v) is 9.29. The molecule has 14 heavy (non-hydrogen) atoms. The molecule has 0 spiro atoms. The van der Waals surface area contributed by atoms with E-state index in [-0.39, 0.29) is 0 Å². The van der Waals surface area contributed by atoms with Gasteiger partial charge in [-0.1, -0.05) is 0 Å². The van der Waals surface area contributed by atoms with Gasteiger partial charge in [-0.2, -0.15) is 0 Å². The molecular formula is C11H22N2O. The van der Waals surface area contributed by atoms with Crippen molar-refractivity contribution in [1.82, 2.24) is 10.2 Å². The zero-order chi connectivity index (χ0) is 10.2. The van der Waals surface area contributed by atoms with E-state index in [9.17, 15) is 5.11 Å². The van der Waals surface area contributed by atoms with Crippen molar-refractivity contribution in [2.75, 3.05) is 19.6 Å². The average molecular weight is 198 g/mol. The van der Waals surface area contributed by atoms with Crippen LogP contribution in [0.25, 0.3) is 0 Å². The van der Waals surface area contributed by atoms with Crippen LogP contribution in [0.5, 0.6) is 0 Å². The molecule has 0 aromatic rings. The molecule has 0 aromatic heterocycles. The Morgan fingerprint density at radius 1 is 1.50 bits per heavy atom. The van der Waals surface area contributed by atoms with Gasteiger partial charge in [0.05, 0.1) is 5.60 Å². The number of piperazine rings is 1. The van der Waals surface area contributed by atoms with E-state index >= 15 is 0 Å². The van der Waals surface area contributed by atoms with E-state index in [0.717, 1.165) is 26.1 Å². The van der Waals surface area contributed by atoms with E-state index in [1.54, 1.807) is 0 Å². The normalized spacial score (nSPS) is 45.6. The zero-order valence-electron chi connectivity index (χ0n) is 9.29. The van der Waals surface area contributed by atoms with Gasteiger partial charge in [0.15, 0.2) is 0 Å². The number of hydrogen-bond donors (Lipinski definition) is 2. The van der Waals surface area contributed by atoms with E-state index < -0.39 is 5.60 Å². The third-order valence-electron chi connectivity index (χ3n) is 3.72. The van der Waals surface area contributed by atoms with Gasteiger partial charge in [0.25, 0.3) is 0 Å². The highest BCUT2D eigenvalue weighted by molar-refractivity contribution is 4.97. The van der Waals surface area contributed by atoms with Gasteiger partial charge in [-0.25, -0.2) is 0 Å². The van der Waals surface area contributed by atoms with Crippen molar-refractivity contribution in [2.45, 2.75) is 50.8 Å². The summed E-state index contributed by atoms with van der Waals surface area (Å²) >= 11 is 0. The fourth-order valence-corrected chi connectivity index (χ4v) is 2.95. The summed E-state index contributed by atoms with van der Waals surface area (Å²) in [4.78, 5) is 2.47. The van der Waals surface area contributed by atoms with Crippen molar-refractivity contribution in [3.05, 3.63) is 0 Å². The molecule has 3 atom stereocenters. The maximum absolute atomic E-state index is 10.2. The average Bonchev–Trinajstić information content (AvgIpc) is 2.45. The monoisotopic (exact) mass is 198 g/mol. The number of nitrogens with one attached hydrogen (secondary N) is 1. The van der Waals surface area contributed by atoms with Crippen molar-refractivity contribution < 1.29 is 5.11 Å². The van der Waals surface area contributed by atoms with E-state index in [4.69, 9.17) is 0 Å². The molecule has 1 heterocycles. The summed E-state index contributed by atoms with van der Waals surface area (Å²) in [6.45, 7) is 7.45. The Bertz CT molecular complexity index is 205. The van der Waals surface area contributed by atoms with Crippen LogP contribution < -0.4 is 5.32 Å². The Kier molecular flexibility index (Phi) is 2.82. The summed E-state index contributed by atoms with van der Waals surface area (Å²) in [5.74, 6) is 0. The number of hydrogen-bond acceptors (Lipinski definition) is 3. The fourth-order valence-electron chi connectivity index (χ4n) is 2.95. The molecule has 0 bridgehead atoms. The molecule has 2 fully saturated rings. The molecule has 1 aliphatic heterocycles. The third-order valence-corrected chi connectivity index (χ3v) is 3.72. The molecule has 2 rings (SSSR count). The summed E-state index contributed by atoms with van der Waals surface area (Å²) in [5.41, 5.74) is -0.447. The first kappa shape index (κ1) is 10.4. The number of nitrogens with zero attached hydrogens (tertiary/aromatic N) is 1. The second-order valence-corrected chi connectivity index (χ2v) is 5.12. The Morgan fingerprint density at radius 2 is 2.29 bits per heavy atom. The van der Waals surface area contributed by atoms with Crippen molar-refractivity contribution in [3.63, 3.8) is 0 Å². The summed E-state index contributed by atoms with van der Waals surface area (Å²) in [7, 11) is 0. The largest absolute Gasteiger partial charge is 0.389 e. The first-order valence-electron chi connectivity index (χ1n) is 5.79. The summed E-state index contributed by atoms with van der Waals surface area (Å²) < 4.78 is 0. The van der Waals surface area contributed by atoms with E-state index in [0.29, 0.717) is 12.1 Å². The molecule has 3 nitrogen and oxygen atoms in total. The van der Waals surface area contributed by atoms with Crippen LogP contribution in [0.15, 0.2) is 0 Å². The summed E-state index contributed by atoms with van der Waals surface area (Å²) in [5, 5.41) is 13.7. The molecule has 0 aromatic carbocycles. The van der Waals surface area contributed by atoms with E-state index in [1.165, 1.54) is 12.8 Å². The van der Waals surface area contributed by atoms with Gasteiger partial charge in [-0.3, -0.25) is 4.90 Å². The topological polar surface area (TPSA) is 35.5 Å². The van der Waals surface area contributed by atoms with Gasteiger partial charge >= 0.3 is 0 Å². The first-order valence-corrected chi connectivity index (χ1v) is 5.79. The first-order chi connectivity index (χ1) is 6.59. The molecule has 0 radical (unpaired) electrons. The Hall–Kier alpha value is -0.120. The van der Waals surface area contributed by atoms with Gasteiger partial charge in [0, 0.05) is 31.7 Å². The Morgan fingerprint density at radius 3 is 2.86 bits per heavy atom. The standard InChI is InChI=1S/C11H22N2O/c1-9-8-13(7-6-12-9)10-4-3-5-11(10,2)14/h9-10,12,14H,3-8H2,1-2H3. The lowest BCUT2D eigenvalue weighted by Gasteiger charge is -2.41. The van der Waals surface area contributed by atoms with Gasteiger partial charge in [-0.05, 0) is 33.1 Å². The van der Waals surface area contributed by atoms with Crippen molar-refractivity contribution in [2.24, 2.45) is 0 Å². The molecule has 1 saturated heterocycles. The van der Waals surface area contributed by atoms with Crippen LogP contribution in [0, 0.1) is 0 Å². The van der Waals surface area contributed by atoms with Crippen molar-refractivity contribution in [3.8, 4) is 0 Å². The quantitative estimate of drug-likeness (QED) is 0.647. The lowest BCUT2D eigenvalue weighted by Crippen LogP contribution is -2.57. The third kappa shape index (κ3) is 1.95. The maximum Gasteiger partial charge on any atom is 0.0774 e. The molecule has 0 amide bonds.